The number of rotatable bonds is 4. The number of ether oxygens (including phenoxy) is 1. The minimum Gasteiger partial charge on any atom is -0.453 e. The maximum absolute atomic E-state index is 14.6. The standard InChI is InChI=1S/C32H32ClF2N3O3/c1-4-7-20-16-19(2)23(27-15-10-21(18-36-27)30-26(34)14-13-25(33)31(30)35)8-5-6-9-29(39)38-28-17-22(11-12-24(20)28)37-32(40)41-3/h4,7,10-18,23,27,36H,2,5-6,8-9H2,1,3H3,(H,37,40)(H,38,39)/b7-4-,20-16+. The van der Waals surface area contributed by atoms with Crippen LogP contribution in [0, 0.1) is 17.6 Å². The molecule has 0 fully saturated rings. The van der Waals surface area contributed by atoms with E-state index in [1.165, 1.54) is 13.2 Å². The van der Waals surface area contributed by atoms with Gasteiger partial charge in [-0.05, 0) is 55.2 Å². The van der Waals surface area contributed by atoms with Gasteiger partial charge in [0.15, 0.2) is 5.82 Å². The van der Waals surface area contributed by atoms with Gasteiger partial charge in [-0.1, -0.05) is 61.0 Å². The summed E-state index contributed by atoms with van der Waals surface area (Å²) < 4.78 is 33.8. The van der Waals surface area contributed by atoms with Crippen molar-refractivity contribution in [3.05, 3.63) is 107 Å². The Morgan fingerprint density at radius 1 is 1.22 bits per heavy atom. The summed E-state index contributed by atoms with van der Waals surface area (Å²) in [5.41, 5.74) is 3.63. The minimum absolute atomic E-state index is 0.0652. The highest BCUT2D eigenvalue weighted by atomic mass is 35.5. The van der Waals surface area contributed by atoms with Crippen molar-refractivity contribution < 1.29 is 23.1 Å². The lowest BCUT2D eigenvalue weighted by Crippen LogP contribution is -2.34. The summed E-state index contributed by atoms with van der Waals surface area (Å²) in [4.78, 5) is 24.6. The maximum Gasteiger partial charge on any atom is 0.411 e. The Hall–Kier alpha value is -4.17. The van der Waals surface area contributed by atoms with Gasteiger partial charge in [-0.2, -0.15) is 0 Å². The van der Waals surface area contributed by atoms with E-state index < -0.39 is 17.7 Å². The van der Waals surface area contributed by atoms with Crippen LogP contribution in [0.5, 0.6) is 0 Å². The van der Waals surface area contributed by atoms with Gasteiger partial charge in [-0.25, -0.2) is 13.6 Å². The zero-order chi connectivity index (χ0) is 29.5. The number of benzene rings is 2. The minimum atomic E-state index is -0.806. The number of dihydropyridines is 1. The van der Waals surface area contributed by atoms with Crippen molar-refractivity contribution in [3.63, 3.8) is 0 Å². The Morgan fingerprint density at radius 2 is 2.02 bits per heavy atom. The van der Waals surface area contributed by atoms with Gasteiger partial charge < -0.3 is 15.4 Å². The number of hydrogen-bond acceptors (Lipinski definition) is 4. The molecule has 2 unspecified atom stereocenters. The molecule has 6 nitrogen and oxygen atoms in total. The van der Waals surface area contributed by atoms with Crippen LogP contribution in [0.3, 0.4) is 0 Å². The summed E-state index contributed by atoms with van der Waals surface area (Å²) >= 11 is 5.90. The maximum atomic E-state index is 14.6. The van der Waals surface area contributed by atoms with E-state index >= 15 is 0 Å². The van der Waals surface area contributed by atoms with Gasteiger partial charge in [0.2, 0.25) is 5.91 Å². The van der Waals surface area contributed by atoms with Crippen LogP contribution in [-0.4, -0.2) is 25.2 Å². The van der Waals surface area contributed by atoms with Gasteiger partial charge in [-0.3, -0.25) is 10.1 Å². The van der Waals surface area contributed by atoms with Crippen LogP contribution in [-0.2, 0) is 9.53 Å². The van der Waals surface area contributed by atoms with E-state index in [4.69, 9.17) is 16.3 Å². The number of nitrogens with one attached hydrogen (secondary N) is 3. The SMILES string of the molecule is C=C1/C=C(\C=C/C)c2ccc(NC(=O)OC)cc2NC(=O)CCCCC1C1C=CC(c2c(F)ccc(Cl)c2F)=CN1. The third-order valence-corrected chi connectivity index (χ3v) is 7.34. The first kappa shape index (κ1) is 29.8. The van der Waals surface area contributed by atoms with Gasteiger partial charge in [0.05, 0.1) is 29.4 Å². The molecular formula is C32H32ClF2N3O3. The number of carbonyl (C=O) groups is 2. The quantitative estimate of drug-likeness (QED) is 0.321. The molecule has 0 radical (unpaired) electrons. The van der Waals surface area contributed by atoms with Crippen LogP contribution in [0.25, 0.3) is 11.1 Å². The fourth-order valence-electron chi connectivity index (χ4n) is 5.00. The topological polar surface area (TPSA) is 79.5 Å². The number of carbonyl (C=O) groups excluding carboxylic acids is 2. The lowest BCUT2D eigenvalue weighted by Gasteiger charge is -2.29. The monoisotopic (exact) mass is 579 g/mol. The second-order valence-electron chi connectivity index (χ2n) is 9.82. The molecule has 0 spiro atoms. The molecule has 2 aliphatic heterocycles. The van der Waals surface area contributed by atoms with Crippen LogP contribution >= 0.6 is 11.6 Å². The largest absolute Gasteiger partial charge is 0.453 e. The first-order valence-corrected chi connectivity index (χ1v) is 13.7. The Kier molecular flexibility index (Phi) is 9.78. The molecule has 9 heteroatoms. The molecule has 0 aromatic heterocycles. The molecule has 2 aliphatic rings. The number of methoxy groups -OCH3 is 1. The highest BCUT2D eigenvalue weighted by Gasteiger charge is 2.25. The zero-order valence-corrected chi connectivity index (χ0v) is 23.7. The number of anilines is 2. The van der Waals surface area contributed by atoms with Crippen molar-refractivity contribution in [1.82, 2.24) is 5.32 Å². The second-order valence-corrected chi connectivity index (χ2v) is 10.2. The highest BCUT2D eigenvalue weighted by Crippen LogP contribution is 2.35. The zero-order valence-electron chi connectivity index (χ0n) is 22.9. The Balaban J connectivity index is 1.67. The predicted octanol–water partition coefficient (Wildman–Crippen LogP) is 8.01. The molecule has 2 aromatic rings. The summed E-state index contributed by atoms with van der Waals surface area (Å²) in [7, 11) is 1.28. The Labute approximate surface area is 243 Å². The number of amides is 2. The second kappa shape index (κ2) is 13.5. The van der Waals surface area contributed by atoms with Gasteiger partial charge in [-0.15, -0.1) is 0 Å². The van der Waals surface area contributed by atoms with Crippen molar-refractivity contribution in [2.24, 2.45) is 5.92 Å². The summed E-state index contributed by atoms with van der Waals surface area (Å²) in [5, 5.41) is 8.76. The van der Waals surface area contributed by atoms with Crippen molar-refractivity contribution >= 4 is 46.1 Å². The first-order valence-electron chi connectivity index (χ1n) is 13.3. The number of halogens is 3. The molecule has 4 rings (SSSR count). The lowest BCUT2D eigenvalue weighted by molar-refractivity contribution is -0.116. The van der Waals surface area contributed by atoms with Crippen LogP contribution in [0.1, 0.15) is 43.7 Å². The van der Waals surface area contributed by atoms with Gasteiger partial charge >= 0.3 is 6.09 Å². The van der Waals surface area contributed by atoms with Gasteiger partial charge in [0, 0.05) is 35.4 Å². The summed E-state index contributed by atoms with van der Waals surface area (Å²) in [6.45, 7) is 6.30. The molecule has 0 aliphatic carbocycles. The number of fused-ring (bicyclic) bond motifs is 1. The number of hydrogen-bond donors (Lipinski definition) is 3. The molecule has 0 saturated carbocycles. The molecule has 214 valence electrons. The molecule has 2 heterocycles. The third kappa shape index (κ3) is 7.13. The summed E-state index contributed by atoms with van der Waals surface area (Å²) in [5.74, 6) is -1.70. The van der Waals surface area contributed by atoms with E-state index in [0.29, 0.717) is 29.8 Å². The smallest absolute Gasteiger partial charge is 0.411 e. The number of allylic oxidation sites excluding steroid dienone is 6. The van der Waals surface area contributed by atoms with Gasteiger partial charge in [0.1, 0.15) is 5.82 Å². The molecule has 41 heavy (non-hydrogen) atoms. The van der Waals surface area contributed by atoms with E-state index in [0.717, 1.165) is 35.6 Å². The third-order valence-electron chi connectivity index (χ3n) is 7.05. The Bertz CT molecular complexity index is 1480. The molecule has 2 atom stereocenters. The van der Waals surface area contributed by atoms with Crippen molar-refractivity contribution in [3.8, 4) is 0 Å². The normalized spacial score (nSPS) is 20.9. The molecule has 2 aromatic carbocycles. The van der Waals surface area contributed by atoms with E-state index in [-0.39, 0.29) is 28.5 Å². The van der Waals surface area contributed by atoms with Crippen molar-refractivity contribution in [2.45, 2.75) is 38.6 Å². The van der Waals surface area contributed by atoms with E-state index in [9.17, 15) is 18.4 Å². The molecular weight excluding hydrogens is 548 g/mol. The van der Waals surface area contributed by atoms with Crippen molar-refractivity contribution in [2.75, 3.05) is 17.7 Å². The molecule has 0 saturated heterocycles. The lowest BCUT2D eigenvalue weighted by atomic mass is 9.83. The average Bonchev–Trinajstić information content (AvgIpc) is 2.95. The summed E-state index contributed by atoms with van der Waals surface area (Å²) in [6, 6.07) is 7.39. The fraction of sp³-hybridized carbons (Fsp3) is 0.250. The first-order chi connectivity index (χ1) is 19.7. The van der Waals surface area contributed by atoms with Crippen LogP contribution < -0.4 is 16.0 Å². The van der Waals surface area contributed by atoms with Crippen molar-refractivity contribution in [1.29, 1.82) is 0 Å². The fourth-order valence-corrected chi connectivity index (χ4v) is 5.16. The molecule has 2 amide bonds. The van der Waals surface area contributed by atoms with E-state index in [1.807, 2.05) is 37.3 Å². The highest BCUT2D eigenvalue weighted by molar-refractivity contribution is 6.31. The molecule has 0 bridgehead atoms. The van der Waals surface area contributed by atoms with Crippen LogP contribution in [0.2, 0.25) is 5.02 Å². The van der Waals surface area contributed by atoms with E-state index in [1.54, 1.807) is 24.4 Å². The molecule has 3 N–H and O–H groups in total. The summed E-state index contributed by atoms with van der Waals surface area (Å²) in [6.07, 6.45) is 12.9. The Morgan fingerprint density at radius 3 is 2.73 bits per heavy atom. The van der Waals surface area contributed by atoms with Crippen LogP contribution in [0.4, 0.5) is 25.0 Å². The van der Waals surface area contributed by atoms with Crippen LogP contribution in [0.15, 0.2) is 79.1 Å². The predicted molar refractivity (Wildman–Crippen MR) is 160 cm³/mol. The average molecular weight is 580 g/mol. The van der Waals surface area contributed by atoms with E-state index in [2.05, 4.69) is 22.5 Å². The van der Waals surface area contributed by atoms with Gasteiger partial charge in [0.25, 0.3) is 0 Å².